The lowest BCUT2D eigenvalue weighted by molar-refractivity contribution is 0.297. The van der Waals surface area contributed by atoms with Crippen molar-refractivity contribution in [2.24, 2.45) is 0 Å². The average Bonchev–Trinajstić information content (AvgIpc) is 2.30. The lowest BCUT2D eigenvalue weighted by Crippen LogP contribution is -2.00. The highest BCUT2D eigenvalue weighted by Gasteiger charge is 2.06. The van der Waals surface area contributed by atoms with E-state index in [4.69, 9.17) is 15.6 Å². The molecule has 2 aromatic rings. The van der Waals surface area contributed by atoms with E-state index in [9.17, 15) is 0 Å². The smallest absolute Gasteiger partial charge is 0.224 e. The molecule has 5 heteroatoms. The predicted molar refractivity (Wildman–Crippen MR) is 68.5 cm³/mol. The van der Waals surface area contributed by atoms with Crippen molar-refractivity contribution in [3.63, 3.8) is 0 Å². The second-order valence-electron chi connectivity index (χ2n) is 3.86. The molecule has 0 aliphatic rings. The fourth-order valence-electron chi connectivity index (χ4n) is 1.66. The number of nitrogens with zero attached hydrogens (tertiary/aromatic N) is 2. The molecule has 0 aliphatic carbocycles. The number of ether oxygens (including phenoxy) is 1. The standard InChI is InChI=1S/C13H15N3O2/c1-9-15-12(14)8-13(16-9)18-11-5-3-2-4-10(11)6-7-17/h2-5,8,17H,6-7H2,1H3,(H2,14,15,16). The van der Waals surface area contributed by atoms with Crippen molar-refractivity contribution in [1.82, 2.24) is 9.97 Å². The number of hydrogen-bond donors (Lipinski definition) is 2. The number of nitrogens with two attached hydrogens (primary N) is 1. The number of aryl methyl sites for hydroxylation is 1. The summed E-state index contributed by atoms with van der Waals surface area (Å²) in [5.41, 5.74) is 6.56. The van der Waals surface area contributed by atoms with Crippen LogP contribution in [0, 0.1) is 6.92 Å². The molecule has 0 spiro atoms. The fourth-order valence-corrected chi connectivity index (χ4v) is 1.66. The number of aliphatic hydroxyl groups is 1. The third kappa shape index (κ3) is 2.95. The Labute approximate surface area is 105 Å². The second kappa shape index (κ2) is 5.46. The minimum Gasteiger partial charge on any atom is -0.439 e. The van der Waals surface area contributed by atoms with Gasteiger partial charge in [-0.05, 0) is 25.0 Å². The van der Waals surface area contributed by atoms with Crippen molar-refractivity contribution in [1.29, 1.82) is 0 Å². The minimum atomic E-state index is 0.0747. The predicted octanol–water partition coefficient (Wildman–Crippen LogP) is 1.69. The first-order valence-corrected chi connectivity index (χ1v) is 5.67. The summed E-state index contributed by atoms with van der Waals surface area (Å²) in [6, 6.07) is 9.08. The van der Waals surface area contributed by atoms with Gasteiger partial charge in [0.05, 0.1) is 0 Å². The quantitative estimate of drug-likeness (QED) is 0.856. The summed E-state index contributed by atoms with van der Waals surface area (Å²) in [6.45, 7) is 1.83. The number of benzene rings is 1. The molecule has 1 aromatic heterocycles. The molecule has 0 unspecified atom stereocenters. The zero-order valence-electron chi connectivity index (χ0n) is 10.1. The molecule has 2 rings (SSSR count). The first-order chi connectivity index (χ1) is 8.69. The van der Waals surface area contributed by atoms with E-state index >= 15 is 0 Å². The molecule has 0 amide bonds. The third-order valence-corrected chi connectivity index (χ3v) is 2.40. The number of para-hydroxylation sites is 1. The van der Waals surface area contributed by atoms with Gasteiger partial charge in [-0.2, -0.15) is 4.98 Å². The lowest BCUT2D eigenvalue weighted by atomic mass is 10.1. The Kier molecular flexibility index (Phi) is 3.74. The van der Waals surface area contributed by atoms with Gasteiger partial charge >= 0.3 is 0 Å². The maximum absolute atomic E-state index is 9.00. The lowest BCUT2D eigenvalue weighted by Gasteiger charge is -2.10. The largest absolute Gasteiger partial charge is 0.439 e. The Balaban J connectivity index is 2.27. The topological polar surface area (TPSA) is 81.3 Å². The number of nitrogen functional groups attached to an aromatic ring is 1. The molecule has 0 bridgehead atoms. The summed E-state index contributed by atoms with van der Waals surface area (Å²) in [6.07, 6.45) is 0.537. The van der Waals surface area contributed by atoms with Gasteiger partial charge in [0, 0.05) is 12.7 Å². The number of hydrogen-bond acceptors (Lipinski definition) is 5. The molecule has 5 nitrogen and oxygen atoms in total. The fraction of sp³-hybridized carbons (Fsp3) is 0.231. The molecule has 94 valence electrons. The number of anilines is 1. The molecule has 3 N–H and O–H groups in total. The van der Waals surface area contributed by atoms with Crippen molar-refractivity contribution in [3.05, 3.63) is 41.7 Å². The van der Waals surface area contributed by atoms with Crippen molar-refractivity contribution in [2.75, 3.05) is 12.3 Å². The van der Waals surface area contributed by atoms with Crippen LogP contribution in [0.3, 0.4) is 0 Å². The highest BCUT2D eigenvalue weighted by molar-refractivity contribution is 5.39. The van der Waals surface area contributed by atoms with Gasteiger partial charge in [0.25, 0.3) is 0 Å². The van der Waals surface area contributed by atoms with Gasteiger partial charge in [-0.15, -0.1) is 0 Å². The maximum atomic E-state index is 9.00. The highest BCUT2D eigenvalue weighted by Crippen LogP contribution is 2.24. The van der Waals surface area contributed by atoms with Crippen molar-refractivity contribution in [3.8, 4) is 11.6 Å². The van der Waals surface area contributed by atoms with E-state index in [1.54, 1.807) is 13.0 Å². The number of aromatic nitrogens is 2. The van der Waals surface area contributed by atoms with Gasteiger partial charge in [-0.1, -0.05) is 18.2 Å². The van der Waals surface area contributed by atoms with Gasteiger partial charge in [-0.25, -0.2) is 4.98 Å². The normalized spacial score (nSPS) is 10.3. The summed E-state index contributed by atoms with van der Waals surface area (Å²) in [4.78, 5) is 8.14. The molecular formula is C13H15N3O2. The molecule has 0 radical (unpaired) electrons. The summed E-state index contributed by atoms with van der Waals surface area (Å²) < 4.78 is 5.68. The highest BCUT2D eigenvalue weighted by atomic mass is 16.5. The monoisotopic (exact) mass is 245 g/mol. The van der Waals surface area contributed by atoms with E-state index in [1.165, 1.54) is 0 Å². The van der Waals surface area contributed by atoms with Crippen LogP contribution in [0.25, 0.3) is 0 Å². The van der Waals surface area contributed by atoms with Crippen LogP contribution in [0.5, 0.6) is 11.6 Å². The number of aliphatic hydroxyl groups excluding tert-OH is 1. The van der Waals surface area contributed by atoms with Crippen LogP contribution in [-0.4, -0.2) is 21.7 Å². The summed E-state index contributed by atoms with van der Waals surface area (Å²) in [5, 5.41) is 9.00. The van der Waals surface area contributed by atoms with Crippen LogP contribution in [0.15, 0.2) is 30.3 Å². The first-order valence-electron chi connectivity index (χ1n) is 5.67. The van der Waals surface area contributed by atoms with Gasteiger partial charge in [-0.3, -0.25) is 0 Å². The Hall–Kier alpha value is -2.14. The van der Waals surface area contributed by atoms with E-state index in [-0.39, 0.29) is 6.61 Å². The van der Waals surface area contributed by atoms with Crippen LogP contribution in [0.4, 0.5) is 5.82 Å². The molecule has 0 fully saturated rings. The van der Waals surface area contributed by atoms with E-state index in [0.29, 0.717) is 29.7 Å². The zero-order valence-corrected chi connectivity index (χ0v) is 10.1. The van der Waals surface area contributed by atoms with Gasteiger partial charge < -0.3 is 15.6 Å². The van der Waals surface area contributed by atoms with Gasteiger partial charge in [0.15, 0.2) is 0 Å². The van der Waals surface area contributed by atoms with Crippen LogP contribution in [-0.2, 0) is 6.42 Å². The molecular weight excluding hydrogens is 230 g/mol. The van der Waals surface area contributed by atoms with E-state index in [0.717, 1.165) is 5.56 Å². The molecule has 18 heavy (non-hydrogen) atoms. The Morgan fingerprint density at radius 2 is 2.06 bits per heavy atom. The molecule has 0 saturated heterocycles. The average molecular weight is 245 g/mol. The van der Waals surface area contributed by atoms with Gasteiger partial charge in [0.2, 0.25) is 5.88 Å². The Morgan fingerprint density at radius 3 is 2.78 bits per heavy atom. The number of rotatable bonds is 4. The summed E-state index contributed by atoms with van der Waals surface area (Å²) in [7, 11) is 0. The van der Waals surface area contributed by atoms with Crippen molar-refractivity contribution in [2.45, 2.75) is 13.3 Å². The van der Waals surface area contributed by atoms with Crippen molar-refractivity contribution < 1.29 is 9.84 Å². The van der Waals surface area contributed by atoms with E-state index < -0.39 is 0 Å². The van der Waals surface area contributed by atoms with E-state index in [1.807, 2.05) is 24.3 Å². The molecule has 1 aromatic carbocycles. The maximum Gasteiger partial charge on any atom is 0.224 e. The van der Waals surface area contributed by atoms with Crippen LogP contribution in [0.1, 0.15) is 11.4 Å². The van der Waals surface area contributed by atoms with Crippen LogP contribution >= 0.6 is 0 Å². The molecule has 0 saturated carbocycles. The minimum absolute atomic E-state index is 0.0747. The van der Waals surface area contributed by atoms with E-state index in [2.05, 4.69) is 9.97 Å². The molecule has 0 aliphatic heterocycles. The third-order valence-electron chi connectivity index (χ3n) is 2.40. The van der Waals surface area contributed by atoms with Crippen molar-refractivity contribution >= 4 is 5.82 Å². The molecule has 0 atom stereocenters. The first kappa shape index (κ1) is 12.3. The zero-order chi connectivity index (χ0) is 13.0. The van der Waals surface area contributed by atoms with Gasteiger partial charge in [0.1, 0.15) is 17.4 Å². The summed E-state index contributed by atoms with van der Waals surface area (Å²) >= 11 is 0. The SMILES string of the molecule is Cc1nc(N)cc(Oc2ccccc2CCO)n1. The van der Waals surface area contributed by atoms with Crippen LogP contribution in [0.2, 0.25) is 0 Å². The van der Waals surface area contributed by atoms with Crippen LogP contribution < -0.4 is 10.5 Å². The molecule has 1 heterocycles. The Morgan fingerprint density at radius 1 is 1.28 bits per heavy atom. The Bertz CT molecular complexity index is 523. The summed E-state index contributed by atoms with van der Waals surface area (Å²) in [5.74, 6) is 2.01. The second-order valence-corrected chi connectivity index (χ2v) is 3.86.